The lowest BCUT2D eigenvalue weighted by Crippen LogP contribution is -2.20. The largest absolute Gasteiger partial charge is 0.396 e. The molecule has 1 amide bonds. The van der Waals surface area contributed by atoms with Gasteiger partial charge in [0, 0.05) is 24.5 Å². The molecule has 1 atom stereocenters. The highest BCUT2D eigenvalue weighted by Crippen LogP contribution is 2.13. The maximum absolute atomic E-state index is 12.2. The smallest absolute Gasteiger partial charge is 0.257 e. The van der Waals surface area contributed by atoms with E-state index in [9.17, 15) is 4.79 Å². The molecule has 2 aromatic rings. The summed E-state index contributed by atoms with van der Waals surface area (Å²) in [5, 5.41) is 15.1. The second-order valence-electron chi connectivity index (χ2n) is 5.51. The fourth-order valence-electron chi connectivity index (χ4n) is 2.20. The molecule has 1 heterocycles. The summed E-state index contributed by atoms with van der Waals surface area (Å²) in [5.74, 6) is 0.521. The van der Waals surface area contributed by atoms with Crippen molar-refractivity contribution in [2.45, 2.75) is 32.7 Å². The van der Waals surface area contributed by atoms with E-state index in [0.29, 0.717) is 17.8 Å². The van der Waals surface area contributed by atoms with E-state index in [0.717, 1.165) is 17.7 Å². The van der Waals surface area contributed by atoms with E-state index in [2.05, 4.69) is 22.5 Å². The van der Waals surface area contributed by atoms with E-state index in [1.807, 2.05) is 31.2 Å². The Hall–Kier alpha value is -2.40. The molecule has 3 N–H and O–H groups in total. The van der Waals surface area contributed by atoms with Gasteiger partial charge in [-0.2, -0.15) is 0 Å². The lowest BCUT2D eigenvalue weighted by atomic mass is 10.1. The highest BCUT2D eigenvalue weighted by molar-refractivity contribution is 6.04. The molecular formula is C18H23N3O2. The zero-order chi connectivity index (χ0) is 16.7. The number of carbonyl (C=O) groups excluding carboxylic acids is 1. The van der Waals surface area contributed by atoms with Gasteiger partial charge in [0.25, 0.3) is 5.91 Å². The zero-order valence-electron chi connectivity index (χ0n) is 13.5. The second-order valence-corrected chi connectivity index (χ2v) is 5.51. The third-order valence-electron chi connectivity index (χ3n) is 3.66. The average molecular weight is 313 g/mol. The van der Waals surface area contributed by atoms with Gasteiger partial charge in [0.15, 0.2) is 0 Å². The molecule has 122 valence electrons. The van der Waals surface area contributed by atoms with Crippen LogP contribution in [0.4, 0.5) is 11.5 Å². The topological polar surface area (TPSA) is 74.2 Å². The molecule has 5 heteroatoms. The van der Waals surface area contributed by atoms with Gasteiger partial charge in [-0.1, -0.05) is 24.6 Å². The maximum atomic E-state index is 12.2. The van der Waals surface area contributed by atoms with Gasteiger partial charge in [0.05, 0.1) is 5.56 Å². The number of amides is 1. The third kappa shape index (κ3) is 5.07. The van der Waals surface area contributed by atoms with Crippen molar-refractivity contribution in [2.24, 2.45) is 0 Å². The van der Waals surface area contributed by atoms with Crippen LogP contribution in [0.25, 0.3) is 0 Å². The first-order valence-corrected chi connectivity index (χ1v) is 7.84. The van der Waals surface area contributed by atoms with E-state index in [1.165, 1.54) is 0 Å². The van der Waals surface area contributed by atoms with Crippen LogP contribution in [0.2, 0.25) is 0 Å². The monoisotopic (exact) mass is 313 g/mol. The SMILES string of the molecule is CCC(CCO)Nc1ccc(C(=O)Nc2ccc(C)cc2)cn1. The van der Waals surface area contributed by atoms with Crippen molar-refractivity contribution in [3.63, 3.8) is 0 Å². The Morgan fingerprint density at radius 3 is 2.52 bits per heavy atom. The highest BCUT2D eigenvalue weighted by Gasteiger charge is 2.09. The summed E-state index contributed by atoms with van der Waals surface area (Å²) >= 11 is 0. The van der Waals surface area contributed by atoms with Crippen molar-refractivity contribution in [3.05, 3.63) is 53.7 Å². The van der Waals surface area contributed by atoms with Crippen LogP contribution in [0.1, 0.15) is 35.7 Å². The molecular weight excluding hydrogens is 290 g/mol. The summed E-state index contributed by atoms with van der Waals surface area (Å²) < 4.78 is 0. The molecule has 0 aliphatic carbocycles. The number of anilines is 2. The van der Waals surface area contributed by atoms with Crippen molar-refractivity contribution in [3.8, 4) is 0 Å². The number of aryl methyl sites for hydroxylation is 1. The Morgan fingerprint density at radius 2 is 1.96 bits per heavy atom. The predicted octanol–water partition coefficient (Wildman–Crippen LogP) is 3.22. The van der Waals surface area contributed by atoms with E-state index in [1.54, 1.807) is 18.3 Å². The van der Waals surface area contributed by atoms with E-state index in [-0.39, 0.29) is 18.6 Å². The van der Waals surface area contributed by atoms with Crippen LogP contribution in [0, 0.1) is 6.92 Å². The van der Waals surface area contributed by atoms with Crippen molar-refractivity contribution in [1.82, 2.24) is 4.98 Å². The van der Waals surface area contributed by atoms with Gasteiger partial charge < -0.3 is 15.7 Å². The number of rotatable bonds is 7. The number of nitrogens with zero attached hydrogens (tertiary/aromatic N) is 1. The number of hydrogen-bond acceptors (Lipinski definition) is 4. The molecule has 0 aliphatic rings. The van der Waals surface area contributed by atoms with Gasteiger partial charge >= 0.3 is 0 Å². The average Bonchev–Trinajstić information content (AvgIpc) is 2.57. The van der Waals surface area contributed by atoms with Crippen LogP contribution in [0.5, 0.6) is 0 Å². The Morgan fingerprint density at radius 1 is 1.22 bits per heavy atom. The van der Waals surface area contributed by atoms with Gasteiger partial charge in [-0.15, -0.1) is 0 Å². The summed E-state index contributed by atoms with van der Waals surface area (Å²) in [6.07, 6.45) is 3.13. The minimum atomic E-state index is -0.185. The van der Waals surface area contributed by atoms with Crippen molar-refractivity contribution in [2.75, 3.05) is 17.2 Å². The van der Waals surface area contributed by atoms with Crippen LogP contribution < -0.4 is 10.6 Å². The summed E-state index contributed by atoms with van der Waals surface area (Å²) in [5.41, 5.74) is 2.41. The summed E-state index contributed by atoms with van der Waals surface area (Å²) in [6.45, 7) is 4.20. The molecule has 23 heavy (non-hydrogen) atoms. The number of aliphatic hydroxyl groups is 1. The van der Waals surface area contributed by atoms with Gasteiger partial charge in [0.1, 0.15) is 5.82 Å². The molecule has 0 saturated heterocycles. The van der Waals surface area contributed by atoms with Crippen LogP contribution in [0.3, 0.4) is 0 Å². The normalized spacial score (nSPS) is 11.8. The Labute approximate surface area is 136 Å². The van der Waals surface area contributed by atoms with Gasteiger partial charge in [-0.05, 0) is 44.0 Å². The second kappa shape index (κ2) is 8.29. The number of benzene rings is 1. The Balaban J connectivity index is 1.98. The van der Waals surface area contributed by atoms with Crippen molar-refractivity contribution in [1.29, 1.82) is 0 Å². The Kier molecular flexibility index (Phi) is 6.11. The van der Waals surface area contributed by atoms with E-state index < -0.39 is 0 Å². The Bertz CT molecular complexity index is 624. The number of carbonyl (C=O) groups is 1. The number of aliphatic hydroxyl groups excluding tert-OH is 1. The first kappa shape index (κ1) is 17.0. The summed E-state index contributed by atoms with van der Waals surface area (Å²) in [6, 6.07) is 11.4. The molecule has 5 nitrogen and oxygen atoms in total. The molecule has 0 radical (unpaired) electrons. The number of aromatic nitrogens is 1. The summed E-state index contributed by atoms with van der Waals surface area (Å²) in [7, 11) is 0. The third-order valence-corrected chi connectivity index (χ3v) is 3.66. The minimum Gasteiger partial charge on any atom is -0.396 e. The zero-order valence-corrected chi connectivity index (χ0v) is 13.5. The van der Waals surface area contributed by atoms with Gasteiger partial charge in [0.2, 0.25) is 0 Å². The van der Waals surface area contributed by atoms with Crippen LogP contribution in [0.15, 0.2) is 42.6 Å². The van der Waals surface area contributed by atoms with Crippen molar-refractivity contribution >= 4 is 17.4 Å². The number of nitrogens with one attached hydrogen (secondary N) is 2. The maximum Gasteiger partial charge on any atom is 0.257 e. The molecule has 0 spiro atoms. The summed E-state index contributed by atoms with van der Waals surface area (Å²) in [4.78, 5) is 16.5. The fourth-order valence-corrected chi connectivity index (χ4v) is 2.20. The molecule has 2 rings (SSSR count). The van der Waals surface area contributed by atoms with E-state index in [4.69, 9.17) is 5.11 Å². The van der Waals surface area contributed by atoms with Crippen LogP contribution in [-0.4, -0.2) is 28.6 Å². The van der Waals surface area contributed by atoms with E-state index >= 15 is 0 Å². The minimum absolute atomic E-state index is 0.141. The van der Waals surface area contributed by atoms with Crippen LogP contribution in [-0.2, 0) is 0 Å². The number of pyridine rings is 1. The lowest BCUT2D eigenvalue weighted by molar-refractivity contribution is 0.102. The van der Waals surface area contributed by atoms with Crippen LogP contribution >= 0.6 is 0 Å². The molecule has 1 unspecified atom stereocenters. The molecule has 1 aromatic carbocycles. The highest BCUT2D eigenvalue weighted by atomic mass is 16.3. The predicted molar refractivity (Wildman–Crippen MR) is 92.8 cm³/mol. The van der Waals surface area contributed by atoms with Gasteiger partial charge in [-0.25, -0.2) is 4.98 Å². The molecule has 0 fully saturated rings. The standard InChI is InChI=1S/C18H23N3O2/c1-3-15(10-11-22)20-17-9-6-14(12-19-17)18(23)21-16-7-4-13(2)5-8-16/h4-9,12,15,22H,3,10-11H2,1-2H3,(H,19,20)(H,21,23). The first-order chi connectivity index (χ1) is 11.1. The molecule has 0 saturated carbocycles. The van der Waals surface area contributed by atoms with Crippen molar-refractivity contribution < 1.29 is 9.90 Å². The lowest BCUT2D eigenvalue weighted by Gasteiger charge is -2.16. The van der Waals surface area contributed by atoms with Gasteiger partial charge in [-0.3, -0.25) is 4.79 Å². The molecule has 0 aliphatic heterocycles. The quantitative estimate of drug-likeness (QED) is 0.734. The first-order valence-electron chi connectivity index (χ1n) is 7.84. The molecule has 0 bridgehead atoms. The molecule has 1 aromatic heterocycles. The number of hydrogen-bond donors (Lipinski definition) is 3. The fraction of sp³-hybridized carbons (Fsp3) is 0.333.